The number of thioether (sulfide) groups is 1. The Kier molecular flexibility index (Phi) is 7.22. The molecule has 4 nitrogen and oxygen atoms in total. The van der Waals surface area contributed by atoms with Crippen LogP contribution in [0.5, 0.6) is 0 Å². The molecule has 0 aromatic heterocycles. The molecule has 0 saturated carbocycles. The molecule has 0 fully saturated rings. The molecule has 0 aliphatic rings. The fourth-order valence-corrected chi connectivity index (χ4v) is 2.45. The summed E-state index contributed by atoms with van der Waals surface area (Å²) in [5.74, 6) is -0.668. The molecule has 0 bridgehead atoms. The lowest BCUT2D eigenvalue weighted by Gasteiger charge is -2.25. The standard InChI is InChI=1S/C15H20FNO3S/c1-4-20-15(19)9-17(11(2)3)14(18)10-21-13-7-5-12(16)6-8-13/h5-8,11H,4,9-10H2,1-3H3. The summed E-state index contributed by atoms with van der Waals surface area (Å²) < 4.78 is 17.7. The van der Waals surface area contributed by atoms with E-state index in [9.17, 15) is 14.0 Å². The normalized spacial score (nSPS) is 10.5. The number of esters is 1. The molecule has 0 saturated heterocycles. The molecule has 0 aliphatic carbocycles. The van der Waals surface area contributed by atoms with Crippen molar-refractivity contribution in [2.24, 2.45) is 0 Å². The van der Waals surface area contributed by atoms with Gasteiger partial charge in [0.05, 0.1) is 12.4 Å². The molecule has 1 aromatic rings. The Morgan fingerprint density at radius 2 is 1.90 bits per heavy atom. The molecule has 0 atom stereocenters. The lowest BCUT2D eigenvalue weighted by molar-refractivity contribution is -0.149. The molecule has 0 N–H and O–H groups in total. The van der Waals surface area contributed by atoms with Crippen LogP contribution in [0, 0.1) is 5.82 Å². The van der Waals surface area contributed by atoms with Crippen molar-refractivity contribution in [3.05, 3.63) is 30.1 Å². The van der Waals surface area contributed by atoms with Gasteiger partial charge in [0, 0.05) is 10.9 Å². The van der Waals surface area contributed by atoms with Gasteiger partial charge in [-0.05, 0) is 45.0 Å². The number of carbonyl (C=O) groups excluding carboxylic acids is 2. The van der Waals surface area contributed by atoms with Crippen molar-refractivity contribution in [2.45, 2.75) is 31.7 Å². The third kappa shape index (κ3) is 6.16. The summed E-state index contributed by atoms with van der Waals surface area (Å²) in [4.78, 5) is 26.0. The van der Waals surface area contributed by atoms with Gasteiger partial charge in [-0.2, -0.15) is 0 Å². The first-order chi connectivity index (χ1) is 9.93. The minimum Gasteiger partial charge on any atom is -0.465 e. The van der Waals surface area contributed by atoms with Crippen molar-refractivity contribution in [1.29, 1.82) is 0 Å². The number of amides is 1. The number of hydrogen-bond donors (Lipinski definition) is 0. The predicted octanol–water partition coefficient (Wildman–Crippen LogP) is 2.72. The van der Waals surface area contributed by atoms with E-state index in [2.05, 4.69) is 0 Å². The van der Waals surface area contributed by atoms with Gasteiger partial charge < -0.3 is 9.64 Å². The van der Waals surface area contributed by atoms with Gasteiger partial charge in [0.15, 0.2) is 0 Å². The van der Waals surface area contributed by atoms with Crippen LogP contribution in [0.3, 0.4) is 0 Å². The number of hydrogen-bond acceptors (Lipinski definition) is 4. The Balaban J connectivity index is 2.56. The van der Waals surface area contributed by atoms with Crippen LogP contribution in [0.2, 0.25) is 0 Å². The molecule has 0 aliphatic heterocycles. The van der Waals surface area contributed by atoms with E-state index >= 15 is 0 Å². The molecule has 6 heteroatoms. The highest BCUT2D eigenvalue weighted by molar-refractivity contribution is 8.00. The third-order valence-electron chi connectivity index (χ3n) is 2.72. The van der Waals surface area contributed by atoms with Crippen LogP contribution in [0.25, 0.3) is 0 Å². The topological polar surface area (TPSA) is 46.6 Å². The highest BCUT2D eigenvalue weighted by atomic mass is 32.2. The summed E-state index contributed by atoms with van der Waals surface area (Å²) in [6.07, 6.45) is 0. The molecule has 0 heterocycles. The van der Waals surface area contributed by atoms with Crippen molar-refractivity contribution in [1.82, 2.24) is 4.90 Å². The number of rotatable bonds is 7. The second-order valence-electron chi connectivity index (χ2n) is 4.66. The Bertz CT molecular complexity index is 476. The largest absolute Gasteiger partial charge is 0.465 e. The maximum atomic E-state index is 12.8. The van der Waals surface area contributed by atoms with E-state index in [1.165, 1.54) is 28.8 Å². The van der Waals surface area contributed by atoms with Crippen molar-refractivity contribution in [3.8, 4) is 0 Å². The lowest BCUT2D eigenvalue weighted by Crippen LogP contribution is -2.42. The summed E-state index contributed by atoms with van der Waals surface area (Å²) in [6.45, 7) is 5.67. The molecule has 1 aromatic carbocycles. The fourth-order valence-electron chi connectivity index (χ4n) is 1.66. The van der Waals surface area contributed by atoms with E-state index in [1.807, 2.05) is 13.8 Å². The first-order valence-electron chi connectivity index (χ1n) is 6.77. The first kappa shape index (κ1) is 17.5. The van der Waals surface area contributed by atoms with Crippen molar-refractivity contribution in [3.63, 3.8) is 0 Å². The van der Waals surface area contributed by atoms with E-state index in [1.54, 1.807) is 19.1 Å². The quantitative estimate of drug-likeness (QED) is 0.573. The van der Waals surface area contributed by atoms with Crippen LogP contribution < -0.4 is 0 Å². The second kappa shape index (κ2) is 8.67. The summed E-state index contributed by atoms with van der Waals surface area (Å²) in [6, 6.07) is 5.87. The van der Waals surface area contributed by atoms with Gasteiger partial charge in [-0.1, -0.05) is 0 Å². The zero-order chi connectivity index (χ0) is 15.8. The second-order valence-corrected chi connectivity index (χ2v) is 5.71. The SMILES string of the molecule is CCOC(=O)CN(C(=O)CSc1ccc(F)cc1)C(C)C. The molecule has 0 unspecified atom stereocenters. The minimum absolute atomic E-state index is 0.0473. The monoisotopic (exact) mass is 313 g/mol. The fraction of sp³-hybridized carbons (Fsp3) is 0.467. The lowest BCUT2D eigenvalue weighted by atomic mass is 10.3. The zero-order valence-electron chi connectivity index (χ0n) is 12.5. The maximum absolute atomic E-state index is 12.8. The molecular weight excluding hydrogens is 293 g/mol. The summed E-state index contributed by atoms with van der Waals surface area (Å²) >= 11 is 1.31. The third-order valence-corrected chi connectivity index (χ3v) is 3.72. The van der Waals surface area contributed by atoms with Crippen LogP contribution in [0.15, 0.2) is 29.2 Å². The Morgan fingerprint density at radius 1 is 1.29 bits per heavy atom. The Morgan fingerprint density at radius 3 is 2.43 bits per heavy atom. The molecule has 21 heavy (non-hydrogen) atoms. The number of carbonyl (C=O) groups is 2. The Labute approximate surface area is 128 Å². The summed E-state index contributed by atoms with van der Waals surface area (Å²) in [5, 5.41) is 0. The highest BCUT2D eigenvalue weighted by Gasteiger charge is 2.20. The van der Waals surface area contributed by atoms with Gasteiger partial charge >= 0.3 is 5.97 Å². The van der Waals surface area contributed by atoms with Crippen molar-refractivity contribution in [2.75, 3.05) is 18.9 Å². The van der Waals surface area contributed by atoms with E-state index in [-0.39, 0.29) is 30.1 Å². The number of nitrogens with zero attached hydrogens (tertiary/aromatic N) is 1. The smallest absolute Gasteiger partial charge is 0.325 e. The zero-order valence-corrected chi connectivity index (χ0v) is 13.3. The molecule has 0 radical (unpaired) electrons. The Hall–Kier alpha value is -1.56. The molecule has 1 amide bonds. The van der Waals surface area contributed by atoms with Gasteiger partial charge in [0.1, 0.15) is 12.4 Å². The van der Waals surface area contributed by atoms with E-state index in [4.69, 9.17) is 4.74 Å². The van der Waals surface area contributed by atoms with Crippen molar-refractivity contribution < 1.29 is 18.7 Å². The van der Waals surface area contributed by atoms with Gasteiger partial charge in [-0.3, -0.25) is 9.59 Å². The van der Waals surface area contributed by atoms with Crippen LogP contribution >= 0.6 is 11.8 Å². The van der Waals surface area contributed by atoms with Crippen LogP contribution in [-0.2, 0) is 14.3 Å². The van der Waals surface area contributed by atoms with E-state index in [0.29, 0.717) is 6.61 Å². The van der Waals surface area contributed by atoms with Gasteiger partial charge in [-0.15, -0.1) is 11.8 Å². The van der Waals surface area contributed by atoms with Crippen molar-refractivity contribution >= 4 is 23.6 Å². The minimum atomic E-state index is -0.411. The highest BCUT2D eigenvalue weighted by Crippen LogP contribution is 2.19. The van der Waals surface area contributed by atoms with Crippen LogP contribution in [0.4, 0.5) is 4.39 Å². The van der Waals surface area contributed by atoms with E-state index in [0.717, 1.165) is 4.90 Å². The van der Waals surface area contributed by atoms with Gasteiger partial charge in [0.2, 0.25) is 5.91 Å². The summed E-state index contributed by atoms with van der Waals surface area (Å²) in [7, 11) is 0. The maximum Gasteiger partial charge on any atom is 0.325 e. The average molecular weight is 313 g/mol. The molecular formula is C15H20FNO3S. The molecule has 116 valence electrons. The van der Waals surface area contributed by atoms with Gasteiger partial charge in [-0.25, -0.2) is 4.39 Å². The average Bonchev–Trinajstić information content (AvgIpc) is 2.44. The van der Waals surface area contributed by atoms with Crippen LogP contribution in [0.1, 0.15) is 20.8 Å². The summed E-state index contributed by atoms with van der Waals surface area (Å²) in [5.41, 5.74) is 0. The molecule has 1 rings (SSSR count). The number of benzene rings is 1. The van der Waals surface area contributed by atoms with Crippen LogP contribution in [-0.4, -0.2) is 41.7 Å². The van der Waals surface area contributed by atoms with Gasteiger partial charge in [0.25, 0.3) is 0 Å². The number of ether oxygens (including phenoxy) is 1. The molecule has 0 spiro atoms. The number of halogens is 1. The van der Waals surface area contributed by atoms with E-state index < -0.39 is 5.97 Å². The predicted molar refractivity (Wildman–Crippen MR) is 80.6 cm³/mol. The first-order valence-corrected chi connectivity index (χ1v) is 7.76.